The van der Waals surface area contributed by atoms with Gasteiger partial charge in [-0.2, -0.15) is 10.4 Å². The minimum absolute atomic E-state index is 0.00741. The Labute approximate surface area is 194 Å². The average molecular weight is 465 g/mol. The quantitative estimate of drug-likeness (QED) is 0.438. The molecule has 1 amide bonds. The molecular weight excluding hydrogens is 440 g/mol. The number of carbonyl (C=O) groups is 2. The van der Waals surface area contributed by atoms with Gasteiger partial charge in [0.15, 0.2) is 12.3 Å². The van der Waals surface area contributed by atoms with Gasteiger partial charge in [-0.3, -0.25) is 9.59 Å². The maximum atomic E-state index is 12.8. The number of benzene rings is 1. The molecule has 0 aliphatic heterocycles. The molecular formula is C24H24N4O4S. The number of ether oxygens (including phenoxy) is 1. The summed E-state index contributed by atoms with van der Waals surface area (Å²) in [6.45, 7) is 1.75. The number of aromatic nitrogens is 2. The Morgan fingerprint density at radius 2 is 1.97 bits per heavy atom. The number of nitrogens with zero attached hydrogens (tertiary/aromatic N) is 3. The van der Waals surface area contributed by atoms with Crippen molar-refractivity contribution in [3.63, 3.8) is 0 Å². The van der Waals surface area contributed by atoms with Crippen molar-refractivity contribution in [2.24, 2.45) is 0 Å². The summed E-state index contributed by atoms with van der Waals surface area (Å²) in [5, 5.41) is 17.8. The topological polar surface area (TPSA) is 114 Å². The highest BCUT2D eigenvalue weighted by molar-refractivity contribution is 7.16. The largest absolute Gasteiger partial charge is 0.451 e. The molecule has 1 N–H and O–H groups in total. The van der Waals surface area contributed by atoms with E-state index < -0.39 is 18.5 Å². The van der Waals surface area contributed by atoms with E-state index in [4.69, 9.17) is 4.74 Å². The van der Waals surface area contributed by atoms with Gasteiger partial charge in [-0.1, -0.05) is 31.5 Å². The minimum Gasteiger partial charge on any atom is -0.451 e. The molecule has 170 valence electrons. The lowest BCUT2D eigenvalue weighted by Gasteiger charge is -2.10. The zero-order valence-electron chi connectivity index (χ0n) is 18.3. The van der Waals surface area contributed by atoms with E-state index in [2.05, 4.69) is 16.5 Å². The van der Waals surface area contributed by atoms with Gasteiger partial charge in [-0.05, 0) is 43.7 Å². The van der Waals surface area contributed by atoms with Gasteiger partial charge in [-0.25, -0.2) is 9.48 Å². The van der Waals surface area contributed by atoms with Crippen LogP contribution in [0.1, 0.15) is 59.1 Å². The predicted molar refractivity (Wildman–Crippen MR) is 125 cm³/mol. The second kappa shape index (κ2) is 9.96. The van der Waals surface area contributed by atoms with Crippen molar-refractivity contribution < 1.29 is 14.3 Å². The Balaban J connectivity index is 1.50. The lowest BCUT2D eigenvalue weighted by Crippen LogP contribution is -2.27. The number of hydrogen-bond donors (Lipinski definition) is 1. The van der Waals surface area contributed by atoms with Crippen molar-refractivity contribution in [3.8, 4) is 6.07 Å². The lowest BCUT2D eigenvalue weighted by molar-refractivity contribution is -0.119. The summed E-state index contributed by atoms with van der Waals surface area (Å²) in [5.74, 6) is -1.31. The standard InChI is InChI=1S/C24H24N4O4S/c1-2-12-28-23(30)17-10-7-6-9-16(17)21(27-28)24(31)32-14-20(29)26-22-18(13-25)15-8-4-3-5-11-19(15)33-22/h6-7,9-10H,2-5,8,11-12,14H2,1H3,(H,26,29). The van der Waals surface area contributed by atoms with Gasteiger partial charge < -0.3 is 10.1 Å². The third-order valence-corrected chi connectivity index (χ3v) is 6.82. The van der Waals surface area contributed by atoms with Gasteiger partial charge in [0.05, 0.1) is 10.9 Å². The third kappa shape index (κ3) is 4.66. The van der Waals surface area contributed by atoms with Crippen LogP contribution < -0.4 is 10.9 Å². The number of nitrogens with one attached hydrogen (secondary N) is 1. The Bertz CT molecular complexity index is 1320. The average Bonchev–Trinajstić information content (AvgIpc) is 2.98. The second-order valence-electron chi connectivity index (χ2n) is 7.93. The van der Waals surface area contributed by atoms with Crippen LogP contribution >= 0.6 is 11.3 Å². The van der Waals surface area contributed by atoms with E-state index in [1.54, 1.807) is 24.3 Å². The fourth-order valence-electron chi connectivity index (χ4n) is 4.06. The van der Waals surface area contributed by atoms with Gasteiger partial charge in [0.1, 0.15) is 11.1 Å². The molecule has 0 atom stereocenters. The van der Waals surface area contributed by atoms with Crippen molar-refractivity contribution in [2.45, 2.75) is 52.0 Å². The number of nitriles is 1. The third-order valence-electron chi connectivity index (χ3n) is 5.62. The molecule has 0 bridgehead atoms. The molecule has 2 heterocycles. The van der Waals surface area contributed by atoms with Gasteiger partial charge in [0.25, 0.3) is 11.5 Å². The van der Waals surface area contributed by atoms with Gasteiger partial charge in [0, 0.05) is 16.8 Å². The van der Waals surface area contributed by atoms with Gasteiger partial charge in [-0.15, -0.1) is 11.3 Å². The number of anilines is 1. The minimum atomic E-state index is -0.784. The maximum absolute atomic E-state index is 12.8. The van der Waals surface area contributed by atoms with E-state index in [0.29, 0.717) is 34.3 Å². The summed E-state index contributed by atoms with van der Waals surface area (Å²) in [6.07, 6.45) is 5.67. The molecule has 0 unspecified atom stereocenters. The first-order valence-corrected chi connectivity index (χ1v) is 11.9. The van der Waals surface area contributed by atoms with E-state index >= 15 is 0 Å². The van der Waals surface area contributed by atoms with Crippen molar-refractivity contribution >= 4 is 39.0 Å². The molecule has 2 aromatic heterocycles. The summed E-state index contributed by atoms with van der Waals surface area (Å²) < 4.78 is 6.48. The molecule has 9 heteroatoms. The fraction of sp³-hybridized carbons (Fsp3) is 0.375. The fourth-order valence-corrected chi connectivity index (χ4v) is 5.32. The van der Waals surface area contributed by atoms with Crippen LogP contribution in [0.2, 0.25) is 0 Å². The summed E-state index contributed by atoms with van der Waals surface area (Å²) in [6, 6.07) is 8.92. The molecule has 1 aliphatic carbocycles. The monoisotopic (exact) mass is 464 g/mol. The first-order valence-electron chi connectivity index (χ1n) is 11.0. The SMILES string of the molecule is CCCn1nc(C(=O)OCC(=O)Nc2sc3c(c2C#N)CCCCC3)c2ccccc2c1=O. The van der Waals surface area contributed by atoms with Gasteiger partial charge >= 0.3 is 5.97 Å². The zero-order valence-corrected chi connectivity index (χ0v) is 19.2. The number of fused-ring (bicyclic) bond motifs is 2. The number of amides is 1. The molecule has 0 saturated carbocycles. The number of esters is 1. The molecule has 1 aromatic carbocycles. The molecule has 3 aromatic rings. The summed E-state index contributed by atoms with van der Waals surface area (Å²) in [5.41, 5.74) is 1.26. The van der Waals surface area contributed by atoms with Crippen molar-refractivity contribution in [1.82, 2.24) is 9.78 Å². The summed E-state index contributed by atoms with van der Waals surface area (Å²) >= 11 is 1.42. The van der Waals surface area contributed by atoms with Crippen molar-refractivity contribution in [1.29, 1.82) is 5.26 Å². The molecule has 4 rings (SSSR count). The molecule has 1 aliphatic rings. The smallest absolute Gasteiger partial charge is 0.359 e. The van der Waals surface area contributed by atoms with E-state index in [0.717, 1.165) is 42.5 Å². The molecule has 33 heavy (non-hydrogen) atoms. The van der Waals surface area contributed by atoms with Gasteiger partial charge in [0.2, 0.25) is 0 Å². The maximum Gasteiger partial charge on any atom is 0.359 e. The summed E-state index contributed by atoms with van der Waals surface area (Å²) in [4.78, 5) is 39.0. The molecule has 0 saturated heterocycles. The number of thiophene rings is 1. The highest BCUT2D eigenvalue weighted by Crippen LogP contribution is 2.36. The van der Waals surface area contributed by atoms with Crippen molar-refractivity contribution in [3.05, 3.63) is 56.3 Å². The number of carbonyl (C=O) groups excluding carboxylic acids is 2. The number of rotatable bonds is 6. The van der Waals surface area contributed by atoms with Crippen LogP contribution in [-0.2, 0) is 28.9 Å². The summed E-state index contributed by atoms with van der Waals surface area (Å²) in [7, 11) is 0. The Morgan fingerprint density at radius 3 is 2.73 bits per heavy atom. The zero-order chi connectivity index (χ0) is 23.4. The Hall–Kier alpha value is -3.51. The predicted octanol–water partition coefficient (Wildman–Crippen LogP) is 3.80. The molecule has 0 spiro atoms. The van der Waals surface area contributed by atoms with Crippen LogP contribution in [0.15, 0.2) is 29.1 Å². The van der Waals surface area contributed by atoms with Crippen LogP contribution in [0.25, 0.3) is 10.8 Å². The number of hydrogen-bond acceptors (Lipinski definition) is 7. The first-order chi connectivity index (χ1) is 16.0. The molecule has 0 fully saturated rings. The number of aryl methyl sites for hydroxylation is 2. The highest BCUT2D eigenvalue weighted by Gasteiger charge is 2.22. The Kier molecular flexibility index (Phi) is 6.84. The van der Waals surface area contributed by atoms with Crippen LogP contribution in [0.5, 0.6) is 0 Å². The van der Waals surface area contributed by atoms with E-state index in [9.17, 15) is 19.6 Å². The van der Waals surface area contributed by atoms with E-state index in [1.807, 2.05) is 6.92 Å². The van der Waals surface area contributed by atoms with Crippen LogP contribution in [0, 0.1) is 11.3 Å². The normalized spacial score (nSPS) is 13.1. The van der Waals surface area contributed by atoms with Crippen LogP contribution in [0.3, 0.4) is 0 Å². The first kappa shape index (κ1) is 22.7. The van der Waals surface area contributed by atoms with E-state index in [-0.39, 0.29) is 11.3 Å². The Morgan fingerprint density at radius 1 is 1.21 bits per heavy atom. The van der Waals surface area contributed by atoms with Crippen LogP contribution in [-0.4, -0.2) is 28.3 Å². The lowest BCUT2D eigenvalue weighted by atomic mass is 10.1. The van der Waals surface area contributed by atoms with Crippen molar-refractivity contribution in [2.75, 3.05) is 11.9 Å². The van der Waals surface area contributed by atoms with E-state index in [1.165, 1.54) is 16.0 Å². The second-order valence-corrected chi connectivity index (χ2v) is 9.03. The van der Waals surface area contributed by atoms with Crippen LogP contribution in [0.4, 0.5) is 5.00 Å². The highest BCUT2D eigenvalue weighted by atomic mass is 32.1. The molecule has 0 radical (unpaired) electrons. The molecule has 8 nitrogen and oxygen atoms in total.